The lowest BCUT2D eigenvalue weighted by Crippen LogP contribution is -2.60. The van der Waals surface area contributed by atoms with E-state index in [1.807, 2.05) is 46.9 Å². The summed E-state index contributed by atoms with van der Waals surface area (Å²) in [5.74, 6) is -0.393. The minimum absolute atomic E-state index is 0.188. The van der Waals surface area contributed by atoms with E-state index in [9.17, 15) is 9.59 Å². The second-order valence-corrected chi connectivity index (χ2v) is 11.3. The Morgan fingerprint density at radius 2 is 2.08 bits per heavy atom. The number of morpholine rings is 1. The molecule has 39 heavy (non-hydrogen) atoms. The molecule has 0 bridgehead atoms. The van der Waals surface area contributed by atoms with Gasteiger partial charge in [-0.1, -0.05) is 11.6 Å². The Labute approximate surface area is 232 Å². The number of H-pyrrole nitrogens is 1. The highest BCUT2D eigenvalue weighted by atomic mass is 35.5. The van der Waals surface area contributed by atoms with E-state index in [1.165, 1.54) is 0 Å². The average molecular weight is 549 g/mol. The van der Waals surface area contributed by atoms with Crippen LogP contribution in [-0.2, 0) is 9.53 Å². The molecular weight excluding hydrogens is 516 g/mol. The molecule has 2 amide bonds. The number of halogens is 1. The summed E-state index contributed by atoms with van der Waals surface area (Å²) in [5.41, 5.74) is 4.04. The number of carbonyl (C=O) groups excluding carboxylic acids is 2. The van der Waals surface area contributed by atoms with E-state index in [-0.39, 0.29) is 24.5 Å². The Bertz CT molecular complexity index is 1570. The summed E-state index contributed by atoms with van der Waals surface area (Å²) in [7, 11) is 0. The summed E-state index contributed by atoms with van der Waals surface area (Å²) >= 11 is 6.49. The van der Waals surface area contributed by atoms with Crippen LogP contribution in [0.5, 0.6) is 0 Å². The molecule has 10 heteroatoms. The van der Waals surface area contributed by atoms with E-state index in [0.717, 1.165) is 27.4 Å². The van der Waals surface area contributed by atoms with Gasteiger partial charge in [-0.25, -0.2) is 0 Å². The van der Waals surface area contributed by atoms with Crippen molar-refractivity contribution in [3.8, 4) is 0 Å². The number of carbonyl (C=O) groups is 2. The molecule has 4 aromatic rings. The molecule has 4 heterocycles. The van der Waals surface area contributed by atoms with Gasteiger partial charge in [0.2, 0.25) is 5.91 Å². The molecule has 3 N–H and O–H groups in total. The molecule has 5 rings (SSSR count). The van der Waals surface area contributed by atoms with Crippen LogP contribution in [0.2, 0.25) is 5.02 Å². The van der Waals surface area contributed by atoms with Crippen molar-refractivity contribution in [3.05, 3.63) is 64.7 Å². The molecule has 0 spiro atoms. The zero-order valence-electron chi connectivity index (χ0n) is 22.8. The van der Waals surface area contributed by atoms with Gasteiger partial charge in [-0.3, -0.25) is 24.5 Å². The van der Waals surface area contributed by atoms with Gasteiger partial charge < -0.3 is 20.4 Å². The maximum atomic E-state index is 13.7. The minimum atomic E-state index is -0.556. The minimum Gasteiger partial charge on any atom is -0.372 e. The van der Waals surface area contributed by atoms with Crippen molar-refractivity contribution in [1.29, 1.82) is 0 Å². The standard InChI is InChI=1S/C29H33ClN6O3/c1-16-11-31-12-23-25(16)21-9-19(30)10-22(26(21)34-23)35-28(38)24-14-39-29(4,5)15-36(24)13-17(2)33-27(37)20-7-6-8-32-18(20)3/h6-12,17,24,34H,13-15H2,1-5H3,(H,33,37)(H,35,38)/t17-,24-/m0/s1. The van der Waals surface area contributed by atoms with Crippen molar-refractivity contribution >= 4 is 50.9 Å². The van der Waals surface area contributed by atoms with E-state index in [4.69, 9.17) is 16.3 Å². The van der Waals surface area contributed by atoms with E-state index < -0.39 is 11.6 Å². The molecule has 9 nitrogen and oxygen atoms in total. The van der Waals surface area contributed by atoms with Crippen molar-refractivity contribution in [2.24, 2.45) is 0 Å². The number of anilines is 1. The summed E-state index contributed by atoms with van der Waals surface area (Å²) in [4.78, 5) is 40.5. The number of rotatable bonds is 6. The van der Waals surface area contributed by atoms with Gasteiger partial charge in [-0.05, 0) is 64.4 Å². The predicted octanol–water partition coefficient (Wildman–Crippen LogP) is 4.62. The number of amides is 2. The van der Waals surface area contributed by atoms with Crippen LogP contribution in [0, 0.1) is 13.8 Å². The Hall–Kier alpha value is -3.53. The second kappa shape index (κ2) is 10.6. The van der Waals surface area contributed by atoms with E-state index in [2.05, 4.69) is 30.5 Å². The van der Waals surface area contributed by atoms with Gasteiger partial charge in [0.1, 0.15) is 6.04 Å². The number of hydrogen-bond acceptors (Lipinski definition) is 6. The van der Waals surface area contributed by atoms with Gasteiger partial charge in [0.15, 0.2) is 0 Å². The highest BCUT2D eigenvalue weighted by Crippen LogP contribution is 2.35. The first-order chi connectivity index (χ1) is 18.5. The molecule has 1 aromatic carbocycles. The molecule has 3 aromatic heterocycles. The largest absolute Gasteiger partial charge is 0.372 e. The summed E-state index contributed by atoms with van der Waals surface area (Å²) in [6.45, 7) is 11.0. The number of pyridine rings is 2. The lowest BCUT2D eigenvalue weighted by molar-refractivity contribution is -0.143. The van der Waals surface area contributed by atoms with Crippen LogP contribution in [0.3, 0.4) is 0 Å². The fourth-order valence-corrected chi connectivity index (χ4v) is 5.53. The van der Waals surface area contributed by atoms with Crippen molar-refractivity contribution in [1.82, 2.24) is 25.2 Å². The highest BCUT2D eigenvalue weighted by Gasteiger charge is 2.38. The number of aromatic amines is 1. The third-order valence-electron chi connectivity index (χ3n) is 7.12. The number of ether oxygens (including phenoxy) is 1. The summed E-state index contributed by atoms with van der Waals surface area (Å²) in [5, 5.41) is 8.61. The number of nitrogens with zero attached hydrogens (tertiary/aromatic N) is 3. The van der Waals surface area contributed by atoms with Gasteiger partial charge >= 0.3 is 0 Å². The molecule has 1 aliphatic rings. The lowest BCUT2D eigenvalue weighted by atomic mass is 10.0. The number of benzene rings is 1. The first-order valence-electron chi connectivity index (χ1n) is 13.0. The van der Waals surface area contributed by atoms with E-state index >= 15 is 0 Å². The highest BCUT2D eigenvalue weighted by molar-refractivity contribution is 6.33. The molecule has 2 atom stereocenters. The van der Waals surface area contributed by atoms with Crippen molar-refractivity contribution in [2.45, 2.75) is 52.3 Å². The molecular formula is C29H33ClN6O3. The maximum Gasteiger partial charge on any atom is 0.253 e. The molecule has 1 aliphatic heterocycles. The number of aryl methyl sites for hydroxylation is 2. The predicted molar refractivity (Wildman–Crippen MR) is 153 cm³/mol. The molecule has 204 valence electrons. The van der Waals surface area contributed by atoms with Crippen LogP contribution in [0.25, 0.3) is 21.8 Å². The third-order valence-corrected chi connectivity index (χ3v) is 7.34. The topological polar surface area (TPSA) is 112 Å². The Balaban J connectivity index is 1.37. The monoisotopic (exact) mass is 548 g/mol. The van der Waals surface area contributed by atoms with Crippen LogP contribution in [0.15, 0.2) is 42.9 Å². The van der Waals surface area contributed by atoms with Crippen LogP contribution < -0.4 is 10.6 Å². The van der Waals surface area contributed by atoms with Gasteiger partial charge in [-0.2, -0.15) is 0 Å². The van der Waals surface area contributed by atoms with E-state index in [0.29, 0.717) is 35.1 Å². The van der Waals surface area contributed by atoms with Crippen LogP contribution >= 0.6 is 11.6 Å². The molecule has 1 saturated heterocycles. The zero-order chi connectivity index (χ0) is 27.9. The van der Waals surface area contributed by atoms with Gasteiger partial charge in [-0.15, -0.1) is 0 Å². The summed E-state index contributed by atoms with van der Waals surface area (Å²) in [6, 6.07) is 6.37. The smallest absolute Gasteiger partial charge is 0.253 e. The maximum absolute atomic E-state index is 13.7. The van der Waals surface area contributed by atoms with Gasteiger partial charge in [0.25, 0.3) is 5.91 Å². The van der Waals surface area contributed by atoms with Crippen molar-refractivity contribution < 1.29 is 14.3 Å². The molecule has 0 saturated carbocycles. The zero-order valence-corrected chi connectivity index (χ0v) is 23.5. The molecule has 0 unspecified atom stereocenters. The lowest BCUT2D eigenvalue weighted by Gasteiger charge is -2.43. The number of aromatic nitrogens is 3. The summed E-state index contributed by atoms with van der Waals surface area (Å²) < 4.78 is 6.05. The van der Waals surface area contributed by atoms with Crippen LogP contribution in [0.1, 0.15) is 42.4 Å². The summed E-state index contributed by atoms with van der Waals surface area (Å²) in [6.07, 6.45) is 5.24. The van der Waals surface area contributed by atoms with Crippen molar-refractivity contribution in [3.63, 3.8) is 0 Å². The number of hydrogen-bond donors (Lipinski definition) is 3. The van der Waals surface area contributed by atoms with E-state index in [1.54, 1.807) is 30.6 Å². The second-order valence-electron chi connectivity index (χ2n) is 10.9. The van der Waals surface area contributed by atoms with Crippen LogP contribution in [0.4, 0.5) is 5.69 Å². The van der Waals surface area contributed by atoms with Gasteiger partial charge in [0, 0.05) is 53.0 Å². The van der Waals surface area contributed by atoms with Crippen molar-refractivity contribution in [2.75, 3.05) is 25.0 Å². The molecule has 0 radical (unpaired) electrons. The Morgan fingerprint density at radius 1 is 1.28 bits per heavy atom. The molecule has 1 fully saturated rings. The first-order valence-corrected chi connectivity index (χ1v) is 13.4. The SMILES string of the molecule is Cc1ncccc1C(=O)N[C@@H](C)CN1CC(C)(C)OC[C@H]1C(=O)Nc1cc(Cl)cc2c1[nH]c1cncc(C)c12. The quantitative estimate of drug-likeness (QED) is 0.324. The molecule has 0 aliphatic carbocycles. The van der Waals surface area contributed by atoms with Gasteiger partial charge in [0.05, 0.1) is 40.7 Å². The average Bonchev–Trinajstić information content (AvgIpc) is 3.23. The third kappa shape index (κ3) is 5.61. The normalized spacial score (nSPS) is 18.3. The number of fused-ring (bicyclic) bond motifs is 3. The Kier molecular flexibility index (Phi) is 7.33. The van der Waals surface area contributed by atoms with Crippen LogP contribution in [-0.4, -0.2) is 69.0 Å². The Morgan fingerprint density at radius 3 is 2.85 bits per heavy atom. The fraction of sp³-hybridized carbons (Fsp3) is 0.379. The first kappa shape index (κ1) is 27.1. The fourth-order valence-electron chi connectivity index (χ4n) is 5.32. The number of nitrogens with one attached hydrogen (secondary N) is 3.